The van der Waals surface area contributed by atoms with Gasteiger partial charge in [-0.15, -0.1) is 0 Å². The molecule has 1 amide bonds. The van der Waals surface area contributed by atoms with Crippen LogP contribution in [0.15, 0.2) is 48.5 Å². The molecular formula is C16H13ClN2O3. The Labute approximate surface area is 132 Å². The molecule has 0 unspecified atom stereocenters. The van der Waals surface area contributed by atoms with Crippen LogP contribution in [0.1, 0.15) is 11.1 Å². The average molecular weight is 317 g/mol. The highest BCUT2D eigenvalue weighted by molar-refractivity contribution is 6.31. The fraction of sp³-hybridized carbons (Fsp3) is 0.0625. The minimum Gasteiger partial charge on any atom is -0.322 e. The minimum absolute atomic E-state index is 0.0510. The number of hydrogen-bond acceptors (Lipinski definition) is 3. The molecule has 0 radical (unpaired) electrons. The van der Waals surface area contributed by atoms with Crippen LogP contribution in [0.5, 0.6) is 0 Å². The Balaban J connectivity index is 2.12. The number of nitro groups is 1. The monoisotopic (exact) mass is 316 g/mol. The number of rotatable bonds is 4. The van der Waals surface area contributed by atoms with Gasteiger partial charge in [0.1, 0.15) is 0 Å². The number of nitro benzene ring substituents is 1. The Morgan fingerprint density at radius 2 is 2.00 bits per heavy atom. The smallest absolute Gasteiger partial charge is 0.276 e. The number of carbonyl (C=O) groups excluding carboxylic acids is 1. The van der Waals surface area contributed by atoms with E-state index in [1.807, 2.05) is 6.92 Å². The van der Waals surface area contributed by atoms with Gasteiger partial charge in [0.25, 0.3) is 5.69 Å². The van der Waals surface area contributed by atoms with Gasteiger partial charge in [-0.25, -0.2) is 0 Å². The number of amides is 1. The fourth-order valence-electron chi connectivity index (χ4n) is 1.81. The van der Waals surface area contributed by atoms with Gasteiger partial charge in [0, 0.05) is 22.9 Å². The van der Waals surface area contributed by atoms with Crippen LogP contribution in [0.2, 0.25) is 5.02 Å². The summed E-state index contributed by atoms with van der Waals surface area (Å²) >= 11 is 5.98. The Morgan fingerprint density at radius 3 is 2.68 bits per heavy atom. The average Bonchev–Trinajstić information content (AvgIpc) is 2.49. The highest BCUT2D eigenvalue weighted by Crippen LogP contribution is 2.21. The second-order valence-corrected chi connectivity index (χ2v) is 5.01. The van der Waals surface area contributed by atoms with E-state index in [1.165, 1.54) is 18.2 Å². The molecule has 0 aliphatic carbocycles. The van der Waals surface area contributed by atoms with Crippen LogP contribution in [0.25, 0.3) is 6.08 Å². The van der Waals surface area contributed by atoms with E-state index in [4.69, 9.17) is 11.6 Å². The van der Waals surface area contributed by atoms with E-state index in [0.29, 0.717) is 16.3 Å². The first-order valence-electron chi connectivity index (χ1n) is 6.46. The lowest BCUT2D eigenvalue weighted by molar-refractivity contribution is -0.385. The van der Waals surface area contributed by atoms with Crippen molar-refractivity contribution in [2.45, 2.75) is 6.92 Å². The van der Waals surface area contributed by atoms with Crippen molar-refractivity contribution in [2.75, 3.05) is 5.32 Å². The quantitative estimate of drug-likeness (QED) is 0.521. The van der Waals surface area contributed by atoms with Crippen molar-refractivity contribution in [2.24, 2.45) is 0 Å². The zero-order valence-corrected chi connectivity index (χ0v) is 12.5. The van der Waals surface area contributed by atoms with E-state index in [-0.39, 0.29) is 5.69 Å². The predicted molar refractivity (Wildman–Crippen MR) is 86.9 cm³/mol. The third kappa shape index (κ3) is 3.93. The molecule has 22 heavy (non-hydrogen) atoms. The summed E-state index contributed by atoms with van der Waals surface area (Å²) in [5.41, 5.74) is 1.79. The molecule has 0 aliphatic heterocycles. The van der Waals surface area contributed by atoms with Crippen LogP contribution in [-0.2, 0) is 4.79 Å². The number of aryl methyl sites for hydroxylation is 1. The molecule has 0 saturated heterocycles. The molecule has 0 aromatic heterocycles. The normalized spacial score (nSPS) is 10.6. The first-order valence-corrected chi connectivity index (χ1v) is 6.84. The first kappa shape index (κ1) is 15.7. The second-order valence-electron chi connectivity index (χ2n) is 4.60. The second kappa shape index (κ2) is 6.87. The lowest BCUT2D eigenvalue weighted by atomic mass is 10.1. The van der Waals surface area contributed by atoms with Crippen LogP contribution >= 0.6 is 11.6 Å². The number of benzene rings is 2. The molecule has 0 aliphatic rings. The van der Waals surface area contributed by atoms with E-state index in [1.54, 1.807) is 36.4 Å². The van der Waals surface area contributed by atoms with Gasteiger partial charge in [-0.3, -0.25) is 14.9 Å². The van der Waals surface area contributed by atoms with E-state index in [0.717, 1.165) is 5.56 Å². The lowest BCUT2D eigenvalue weighted by Gasteiger charge is -2.04. The van der Waals surface area contributed by atoms with E-state index in [2.05, 4.69) is 5.32 Å². The maximum atomic E-state index is 11.9. The third-order valence-corrected chi connectivity index (χ3v) is 3.39. The number of carbonyl (C=O) groups is 1. The Kier molecular flexibility index (Phi) is 4.91. The largest absolute Gasteiger partial charge is 0.322 e. The van der Waals surface area contributed by atoms with Gasteiger partial charge in [-0.2, -0.15) is 0 Å². The molecule has 0 fully saturated rings. The van der Waals surface area contributed by atoms with Crippen molar-refractivity contribution in [3.05, 3.63) is 74.8 Å². The molecule has 1 N–H and O–H groups in total. The SMILES string of the molecule is Cc1ccc(NC(=O)C=Cc2ccccc2[N+](=O)[O-])cc1Cl. The van der Waals surface area contributed by atoms with E-state index < -0.39 is 10.8 Å². The standard InChI is InChI=1S/C16H13ClN2O3/c1-11-6-8-13(10-14(11)17)18-16(20)9-7-12-4-2-3-5-15(12)19(21)22/h2-10H,1H3,(H,18,20). The van der Waals surface area contributed by atoms with Gasteiger partial charge in [-0.05, 0) is 36.8 Å². The summed E-state index contributed by atoms with van der Waals surface area (Å²) in [7, 11) is 0. The van der Waals surface area contributed by atoms with Crippen molar-refractivity contribution in [1.82, 2.24) is 0 Å². The van der Waals surface area contributed by atoms with E-state index in [9.17, 15) is 14.9 Å². The molecule has 2 rings (SSSR count). The summed E-state index contributed by atoms with van der Waals surface area (Å²) in [6.45, 7) is 1.86. The number of nitrogens with one attached hydrogen (secondary N) is 1. The molecule has 112 valence electrons. The van der Waals surface area contributed by atoms with Crippen molar-refractivity contribution in [3.63, 3.8) is 0 Å². The Morgan fingerprint density at radius 1 is 1.27 bits per heavy atom. The zero-order valence-electron chi connectivity index (χ0n) is 11.7. The summed E-state index contributed by atoms with van der Waals surface area (Å²) in [5, 5.41) is 14.1. The summed E-state index contributed by atoms with van der Waals surface area (Å²) in [4.78, 5) is 22.2. The van der Waals surface area contributed by atoms with Gasteiger partial charge < -0.3 is 5.32 Å². The van der Waals surface area contributed by atoms with Crippen LogP contribution in [0, 0.1) is 17.0 Å². The summed E-state index contributed by atoms with van der Waals surface area (Å²) in [6.07, 6.45) is 2.65. The van der Waals surface area contributed by atoms with Crippen molar-refractivity contribution in [3.8, 4) is 0 Å². The third-order valence-electron chi connectivity index (χ3n) is 2.99. The van der Waals surface area contributed by atoms with Gasteiger partial charge in [-0.1, -0.05) is 29.8 Å². The highest BCUT2D eigenvalue weighted by atomic mass is 35.5. The number of anilines is 1. The fourth-order valence-corrected chi connectivity index (χ4v) is 2.00. The van der Waals surface area contributed by atoms with Gasteiger partial charge in [0.15, 0.2) is 0 Å². The lowest BCUT2D eigenvalue weighted by Crippen LogP contribution is -2.07. The van der Waals surface area contributed by atoms with E-state index >= 15 is 0 Å². The molecular weight excluding hydrogens is 304 g/mol. The van der Waals surface area contributed by atoms with Crippen LogP contribution in [0.3, 0.4) is 0 Å². The molecule has 2 aromatic carbocycles. The number of para-hydroxylation sites is 1. The van der Waals surface area contributed by atoms with Crippen LogP contribution < -0.4 is 5.32 Å². The molecule has 0 heterocycles. The van der Waals surface area contributed by atoms with Crippen molar-refractivity contribution < 1.29 is 9.72 Å². The maximum absolute atomic E-state index is 11.9. The summed E-state index contributed by atoms with van der Waals surface area (Å²) in [5.74, 6) is -0.391. The molecule has 0 spiro atoms. The van der Waals surface area contributed by atoms with Crippen molar-refractivity contribution >= 4 is 35.0 Å². The highest BCUT2D eigenvalue weighted by Gasteiger charge is 2.09. The Bertz CT molecular complexity index is 757. The molecule has 5 nitrogen and oxygen atoms in total. The Hall–Kier alpha value is -2.66. The number of nitrogens with zero attached hydrogens (tertiary/aromatic N) is 1. The van der Waals surface area contributed by atoms with Gasteiger partial charge in [0.2, 0.25) is 5.91 Å². The first-order chi connectivity index (χ1) is 10.5. The zero-order chi connectivity index (χ0) is 16.1. The van der Waals surface area contributed by atoms with Crippen LogP contribution in [-0.4, -0.2) is 10.8 Å². The number of hydrogen-bond donors (Lipinski definition) is 1. The molecule has 0 bridgehead atoms. The number of halogens is 1. The summed E-state index contributed by atoms with van der Waals surface area (Å²) < 4.78 is 0. The molecule has 0 saturated carbocycles. The summed E-state index contributed by atoms with van der Waals surface area (Å²) in [6, 6.07) is 11.4. The van der Waals surface area contributed by atoms with Crippen LogP contribution in [0.4, 0.5) is 11.4 Å². The molecule has 6 heteroatoms. The topological polar surface area (TPSA) is 72.2 Å². The molecule has 2 aromatic rings. The van der Waals surface area contributed by atoms with Crippen molar-refractivity contribution in [1.29, 1.82) is 0 Å². The predicted octanol–water partition coefficient (Wildman–Crippen LogP) is 4.21. The maximum Gasteiger partial charge on any atom is 0.276 e. The minimum atomic E-state index is -0.489. The van der Waals surface area contributed by atoms with Gasteiger partial charge in [0.05, 0.1) is 10.5 Å². The van der Waals surface area contributed by atoms with Gasteiger partial charge >= 0.3 is 0 Å². The molecule has 0 atom stereocenters.